The van der Waals surface area contributed by atoms with Gasteiger partial charge in [0.2, 0.25) is 0 Å². The van der Waals surface area contributed by atoms with Crippen LogP contribution < -0.4 is 0 Å². The molecule has 1 saturated carbocycles. The highest BCUT2D eigenvalue weighted by Crippen LogP contribution is 2.21. The molecular weight excluding hydrogens is 182 g/mol. The Balaban J connectivity index is 2.05. The smallest absolute Gasteiger partial charge is 0.0720 e. The molecule has 0 N–H and O–H groups in total. The summed E-state index contributed by atoms with van der Waals surface area (Å²) in [5.74, 6) is 0. The summed E-state index contributed by atoms with van der Waals surface area (Å²) < 4.78 is 0. The van der Waals surface area contributed by atoms with E-state index in [1.54, 1.807) is 0 Å². The van der Waals surface area contributed by atoms with Crippen molar-refractivity contribution >= 4 is 5.71 Å². The number of aliphatic imine (C=N–C) groups is 1. The molecule has 0 aliphatic heterocycles. The number of rotatable bonds is 2. The summed E-state index contributed by atoms with van der Waals surface area (Å²) in [5, 5.41) is 0. The average molecular weight is 201 g/mol. The van der Waals surface area contributed by atoms with E-state index in [2.05, 4.69) is 37.3 Å². The topological polar surface area (TPSA) is 12.4 Å². The van der Waals surface area contributed by atoms with Crippen molar-refractivity contribution < 1.29 is 0 Å². The van der Waals surface area contributed by atoms with Gasteiger partial charge in [-0.1, -0.05) is 36.8 Å². The lowest BCUT2D eigenvalue weighted by atomic mass is 9.98. The zero-order valence-electron chi connectivity index (χ0n) is 9.45. The molecule has 0 amide bonds. The van der Waals surface area contributed by atoms with Crippen LogP contribution in [0.1, 0.15) is 50.6 Å². The van der Waals surface area contributed by atoms with E-state index in [1.165, 1.54) is 43.4 Å². The van der Waals surface area contributed by atoms with Crippen LogP contribution in [0, 0.1) is 0 Å². The maximum Gasteiger partial charge on any atom is 0.0720 e. The lowest BCUT2D eigenvalue weighted by Gasteiger charge is -2.15. The number of hydrogen-bond acceptors (Lipinski definition) is 1. The predicted octanol–water partition coefficient (Wildman–Crippen LogP) is 4.15. The van der Waals surface area contributed by atoms with Crippen LogP contribution in [0.4, 0.5) is 0 Å². The second-order valence-corrected chi connectivity index (χ2v) is 4.34. The van der Waals surface area contributed by atoms with E-state index in [0.717, 1.165) is 0 Å². The van der Waals surface area contributed by atoms with E-state index in [9.17, 15) is 0 Å². The van der Waals surface area contributed by atoms with Crippen LogP contribution in [0.5, 0.6) is 0 Å². The average Bonchev–Trinajstić information content (AvgIpc) is 2.31. The normalized spacial score (nSPS) is 18.6. The molecule has 0 saturated heterocycles. The molecule has 1 atom stereocenters. The fourth-order valence-corrected chi connectivity index (χ4v) is 2.17. The molecule has 0 aromatic heterocycles. The fourth-order valence-electron chi connectivity index (χ4n) is 2.17. The molecule has 1 aromatic carbocycles. The highest BCUT2D eigenvalue weighted by Gasteiger charge is 2.09. The summed E-state index contributed by atoms with van der Waals surface area (Å²) in [7, 11) is 0. The van der Waals surface area contributed by atoms with Crippen LogP contribution in [0.25, 0.3) is 0 Å². The predicted molar refractivity (Wildman–Crippen MR) is 65.4 cm³/mol. The molecule has 15 heavy (non-hydrogen) atoms. The maximum absolute atomic E-state index is 4.82. The zero-order chi connectivity index (χ0) is 10.5. The molecule has 1 aliphatic carbocycles. The summed E-state index contributed by atoms with van der Waals surface area (Å²) in [6, 6.07) is 10.9. The molecule has 80 valence electrons. The van der Waals surface area contributed by atoms with Crippen molar-refractivity contribution in [3.63, 3.8) is 0 Å². The second-order valence-electron chi connectivity index (χ2n) is 4.34. The molecule has 2 rings (SSSR count). The third-order valence-corrected chi connectivity index (χ3v) is 3.09. The van der Waals surface area contributed by atoms with Crippen molar-refractivity contribution in [2.45, 2.75) is 45.1 Å². The van der Waals surface area contributed by atoms with Crippen LogP contribution in [-0.4, -0.2) is 5.71 Å². The van der Waals surface area contributed by atoms with E-state index in [0.29, 0.717) is 6.04 Å². The SMILES string of the molecule is C[C@@H](N=C1CCCCC1)c1ccccc1. The molecule has 1 aromatic rings. The standard InChI is InChI=1S/C14H19N/c1-12(13-8-4-2-5-9-13)15-14-10-6-3-7-11-14/h2,4-5,8-9,12H,3,6-7,10-11H2,1H3/t12-/m1/s1. The zero-order valence-corrected chi connectivity index (χ0v) is 9.45. The molecule has 0 heterocycles. The summed E-state index contributed by atoms with van der Waals surface area (Å²) in [5.41, 5.74) is 2.76. The Bertz CT molecular complexity index is 318. The molecular formula is C14H19N. The van der Waals surface area contributed by atoms with Gasteiger partial charge in [0.15, 0.2) is 0 Å². The van der Waals surface area contributed by atoms with E-state index >= 15 is 0 Å². The quantitative estimate of drug-likeness (QED) is 0.681. The van der Waals surface area contributed by atoms with Gasteiger partial charge >= 0.3 is 0 Å². The first kappa shape index (κ1) is 10.4. The summed E-state index contributed by atoms with van der Waals surface area (Å²) >= 11 is 0. The molecule has 0 unspecified atom stereocenters. The summed E-state index contributed by atoms with van der Waals surface area (Å²) in [6.45, 7) is 2.19. The Morgan fingerprint density at radius 2 is 1.67 bits per heavy atom. The fraction of sp³-hybridized carbons (Fsp3) is 0.500. The highest BCUT2D eigenvalue weighted by atomic mass is 14.8. The Hall–Kier alpha value is -1.11. The van der Waals surface area contributed by atoms with Crippen molar-refractivity contribution in [3.05, 3.63) is 35.9 Å². The van der Waals surface area contributed by atoms with Gasteiger partial charge in [0.05, 0.1) is 6.04 Å². The van der Waals surface area contributed by atoms with Crippen molar-refractivity contribution in [2.24, 2.45) is 4.99 Å². The van der Waals surface area contributed by atoms with Crippen LogP contribution in [-0.2, 0) is 0 Å². The highest BCUT2D eigenvalue weighted by molar-refractivity contribution is 5.85. The van der Waals surface area contributed by atoms with E-state index in [1.807, 2.05) is 0 Å². The Morgan fingerprint density at radius 1 is 1.00 bits per heavy atom. The van der Waals surface area contributed by atoms with E-state index < -0.39 is 0 Å². The Morgan fingerprint density at radius 3 is 2.33 bits per heavy atom. The van der Waals surface area contributed by atoms with Crippen molar-refractivity contribution in [1.82, 2.24) is 0 Å². The van der Waals surface area contributed by atoms with Gasteiger partial charge < -0.3 is 0 Å². The van der Waals surface area contributed by atoms with Gasteiger partial charge in [0.1, 0.15) is 0 Å². The Labute approximate surface area is 92.2 Å². The molecule has 0 spiro atoms. The lowest BCUT2D eigenvalue weighted by molar-refractivity contribution is 0.655. The van der Waals surface area contributed by atoms with Gasteiger partial charge in [0.25, 0.3) is 0 Å². The largest absolute Gasteiger partial charge is 0.286 e. The minimum absolute atomic E-state index is 0.333. The van der Waals surface area contributed by atoms with Crippen LogP contribution >= 0.6 is 0 Å². The van der Waals surface area contributed by atoms with E-state index in [4.69, 9.17) is 4.99 Å². The van der Waals surface area contributed by atoms with Gasteiger partial charge in [0, 0.05) is 5.71 Å². The monoisotopic (exact) mass is 201 g/mol. The second kappa shape index (κ2) is 5.11. The molecule has 0 bridgehead atoms. The molecule has 1 fully saturated rings. The minimum atomic E-state index is 0.333. The van der Waals surface area contributed by atoms with Gasteiger partial charge in [-0.15, -0.1) is 0 Å². The third kappa shape index (κ3) is 2.92. The molecule has 1 heteroatoms. The first-order valence-electron chi connectivity index (χ1n) is 5.97. The van der Waals surface area contributed by atoms with Gasteiger partial charge in [-0.3, -0.25) is 4.99 Å². The lowest BCUT2D eigenvalue weighted by Crippen LogP contribution is -2.06. The van der Waals surface area contributed by atoms with Gasteiger partial charge in [-0.2, -0.15) is 0 Å². The summed E-state index contributed by atoms with van der Waals surface area (Å²) in [4.78, 5) is 4.82. The van der Waals surface area contributed by atoms with Crippen LogP contribution in [0.3, 0.4) is 0 Å². The molecule has 0 radical (unpaired) electrons. The van der Waals surface area contributed by atoms with E-state index in [-0.39, 0.29) is 0 Å². The van der Waals surface area contributed by atoms with Crippen LogP contribution in [0.15, 0.2) is 35.3 Å². The Kier molecular flexibility index (Phi) is 3.54. The van der Waals surface area contributed by atoms with Crippen molar-refractivity contribution in [3.8, 4) is 0 Å². The van der Waals surface area contributed by atoms with Gasteiger partial charge in [-0.05, 0) is 38.2 Å². The first-order chi connectivity index (χ1) is 7.36. The summed E-state index contributed by atoms with van der Waals surface area (Å²) in [6.07, 6.45) is 6.49. The minimum Gasteiger partial charge on any atom is -0.286 e. The third-order valence-electron chi connectivity index (χ3n) is 3.09. The van der Waals surface area contributed by atoms with Crippen molar-refractivity contribution in [1.29, 1.82) is 0 Å². The van der Waals surface area contributed by atoms with Gasteiger partial charge in [-0.25, -0.2) is 0 Å². The molecule has 1 aliphatic rings. The van der Waals surface area contributed by atoms with Crippen molar-refractivity contribution in [2.75, 3.05) is 0 Å². The first-order valence-corrected chi connectivity index (χ1v) is 5.97. The maximum atomic E-state index is 4.82. The number of benzene rings is 1. The van der Waals surface area contributed by atoms with Crippen LogP contribution in [0.2, 0.25) is 0 Å². The molecule has 1 nitrogen and oxygen atoms in total. The number of hydrogen-bond donors (Lipinski definition) is 0. The number of nitrogens with zero attached hydrogens (tertiary/aromatic N) is 1.